The number of carbonyl (C=O) groups excluding carboxylic acids is 1. The van der Waals surface area contributed by atoms with Crippen LogP contribution in [-0.2, 0) is 17.5 Å². The summed E-state index contributed by atoms with van der Waals surface area (Å²) in [5, 5.41) is 16.8. The highest BCUT2D eigenvalue weighted by molar-refractivity contribution is 6.32. The molecule has 1 heterocycles. The maximum Gasteiger partial charge on any atom is 0.436 e. The zero-order chi connectivity index (χ0) is 24.6. The van der Waals surface area contributed by atoms with Gasteiger partial charge in [-0.2, -0.15) is 18.3 Å². The number of nitro groups is 1. The first-order valence-corrected chi connectivity index (χ1v) is 10.6. The lowest BCUT2D eigenvalue weighted by atomic mass is 10.2. The second-order valence-corrected chi connectivity index (χ2v) is 8.29. The van der Waals surface area contributed by atoms with Crippen molar-refractivity contribution in [3.05, 3.63) is 74.6 Å². The molecule has 0 spiro atoms. The summed E-state index contributed by atoms with van der Waals surface area (Å²) < 4.78 is 46.4. The van der Waals surface area contributed by atoms with Gasteiger partial charge in [0.05, 0.1) is 27.4 Å². The first-order chi connectivity index (χ1) is 16.0. The van der Waals surface area contributed by atoms with Crippen molar-refractivity contribution in [2.75, 3.05) is 5.32 Å². The van der Waals surface area contributed by atoms with Gasteiger partial charge in [-0.15, -0.1) is 0 Å². The Bertz CT molecular complexity index is 1270. The first kappa shape index (κ1) is 23.6. The fraction of sp³-hybridized carbons (Fsp3) is 0.273. The van der Waals surface area contributed by atoms with Gasteiger partial charge in [-0.1, -0.05) is 23.7 Å². The number of carbonyl (C=O) groups is 1. The van der Waals surface area contributed by atoms with Gasteiger partial charge in [0.1, 0.15) is 18.0 Å². The standard InChI is InChI=1S/C22H18ClF3N4O4/c1-12-3-2-4-16(7-12)34-17-9-14(8-15(10-17)30(32)33)27-18(31)11-29-20(13-5-6-13)19(23)21(28-29)22(24,25)26/h2-4,7-10,13H,5-6,11H2,1H3,(H,27,31). The fourth-order valence-corrected chi connectivity index (χ4v) is 3.87. The molecule has 1 saturated carbocycles. The van der Waals surface area contributed by atoms with Crippen molar-refractivity contribution in [3.63, 3.8) is 0 Å². The molecule has 0 saturated heterocycles. The quantitative estimate of drug-likeness (QED) is 0.317. The van der Waals surface area contributed by atoms with Gasteiger partial charge < -0.3 is 10.1 Å². The van der Waals surface area contributed by atoms with Gasteiger partial charge in [0.15, 0.2) is 5.69 Å². The van der Waals surface area contributed by atoms with E-state index < -0.39 is 34.3 Å². The summed E-state index contributed by atoms with van der Waals surface area (Å²) in [6.45, 7) is 1.31. The summed E-state index contributed by atoms with van der Waals surface area (Å²) in [5.41, 5.74) is -0.455. The van der Waals surface area contributed by atoms with Gasteiger partial charge in [0.25, 0.3) is 5.69 Å². The molecule has 1 fully saturated rings. The number of non-ortho nitro benzene ring substituents is 1. The number of halogens is 4. The predicted octanol–water partition coefficient (Wildman–Crippen LogP) is 6.08. The van der Waals surface area contributed by atoms with Gasteiger partial charge in [0.2, 0.25) is 5.91 Å². The highest BCUT2D eigenvalue weighted by atomic mass is 35.5. The Kier molecular flexibility index (Phi) is 6.22. The van der Waals surface area contributed by atoms with Gasteiger partial charge >= 0.3 is 6.18 Å². The summed E-state index contributed by atoms with van der Waals surface area (Å²) in [7, 11) is 0. The van der Waals surface area contributed by atoms with Crippen LogP contribution in [0.2, 0.25) is 5.02 Å². The van der Waals surface area contributed by atoms with Crippen LogP contribution in [0.3, 0.4) is 0 Å². The van der Waals surface area contributed by atoms with Crippen LogP contribution in [0.15, 0.2) is 42.5 Å². The van der Waals surface area contributed by atoms with Crippen molar-refractivity contribution < 1.29 is 27.6 Å². The highest BCUT2D eigenvalue weighted by Gasteiger charge is 2.42. The summed E-state index contributed by atoms with van der Waals surface area (Å²) >= 11 is 5.93. The van der Waals surface area contributed by atoms with Crippen LogP contribution in [0, 0.1) is 17.0 Å². The van der Waals surface area contributed by atoms with E-state index in [-0.39, 0.29) is 28.7 Å². The predicted molar refractivity (Wildman–Crippen MR) is 117 cm³/mol. The van der Waals surface area contributed by atoms with Crippen LogP contribution in [-0.4, -0.2) is 20.6 Å². The lowest BCUT2D eigenvalue weighted by Gasteiger charge is -2.11. The van der Waals surface area contributed by atoms with Crippen LogP contribution >= 0.6 is 11.6 Å². The van der Waals surface area contributed by atoms with Crippen molar-refractivity contribution >= 4 is 28.9 Å². The summed E-state index contributed by atoms with van der Waals surface area (Å²) in [6, 6.07) is 10.7. The Hall–Kier alpha value is -3.60. The number of nitro benzene ring substituents is 1. The fourth-order valence-electron chi connectivity index (χ4n) is 3.47. The average Bonchev–Trinajstić information content (AvgIpc) is 3.50. The second kappa shape index (κ2) is 8.98. The molecule has 0 bridgehead atoms. The molecule has 1 aliphatic carbocycles. The Labute approximate surface area is 196 Å². The third kappa shape index (κ3) is 5.30. The van der Waals surface area contributed by atoms with Crippen LogP contribution < -0.4 is 10.1 Å². The molecule has 178 valence electrons. The van der Waals surface area contributed by atoms with E-state index >= 15 is 0 Å². The molecule has 1 aliphatic rings. The molecular formula is C22H18ClF3N4O4. The number of nitrogens with zero attached hydrogens (tertiary/aromatic N) is 3. The average molecular weight is 495 g/mol. The number of hydrogen-bond acceptors (Lipinski definition) is 5. The number of alkyl halides is 3. The molecule has 1 aromatic heterocycles. The van der Waals surface area contributed by atoms with E-state index in [9.17, 15) is 28.1 Å². The number of hydrogen-bond donors (Lipinski definition) is 1. The molecule has 0 atom stereocenters. The molecule has 3 aromatic rings. The minimum Gasteiger partial charge on any atom is -0.457 e. The number of anilines is 1. The van der Waals surface area contributed by atoms with E-state index in [4.69, 9.17) is 16.3 Å². The van der Waals surface area contributed by atoms with E-state index in [0.29, 0.717) is 18.6 Å². The summed E-state index contributed by atoms with van der Waals surface area (Å²) in [6.07, 6.45) is -3.46. The molecule has 0 radical (unpaired) electrons. The number of benzene rings is 2. The molecule has 0 aliphatic heterocycles. The van der Waals surface area contributed by atoms with Crippen LogP contribution in [0.4, 0.5) is 24.5 Å². The van der Waals surface area contributed by atoms with Crippen LogP contribution in [0.1, 0.15) is 35.7 Å². The van der Waals surface area contributed by atoms with Gasteiger partial charge in [0, 0.05) is 18.1 Å². The molecule has 0 unspecified atom stereocenters. The molecule has 2 aromatic carbocycles. The molecule has 1 amide bonds. The SMILES string of the molecule is Cc1cccc(Oc2cc(NC(=O)Cn3nc(C(F)(F)F)c(Cl)c3C3CC3)cc([N+](=O)[O-])c2)c1. The number of aryl methyl sites for hydroxylation is 1. The minimum absolute atomic E-state index is 0.0455. The maximum absolute atomic E-state index is 13.2. The third-order valence-electron chi connectivity index (χ3n) is 5.07. The normalized spacial score (nSPS) is 13.6. The number of rotatable bonds is 7. The Morgan fingerprint density at radius 1 is 1.26 bits per heavy atom. The third-order valence-corrected chi connectivity index (χ3v) is 5.44. The largest absolute Gasteiger partial charge is 0.457 e. The van der Waals surface area contributed by atoms with Crippen LogP contribution in [0.25, 0.3) is 0 Å². The van der Waals surface area contributed by atoms with E-state index in [1.807, 2.05) is 13.0 Å². The second-order valence-electron chi connectivity index (χ2n) is 7.92. The van der Waals surface area contributed by atoms with Crippen molar-refractivity contribution in [1.29, 1.82) is 0 Å². The maximum atomic E-state index is 13.2. The number of nitrogens with one attached hydrogen (secondary N) is 1. The first-order valence-electron chi connectivity index (χ1n) is 10.2. The van der Waals surface area contributed by atoms with Crippen molar-refractivity contribution in [1.82, 2.24) is 9.78 Å². The lowest BCUT2D eigenvalue weighted by molar-refractivity contribution is -0.384. The van der Waals surface area contributed by atoms with E-state index in [2.05, 4.69) is 10.4 Å². The molecule has 1 N–H and O–H groups in total. The van der Waals surface area contributed by atoms with Gasteiger partial charge in [-0.05, 0) is 37.5 Å². The van der Waals surface area contributed by atoms with Crippen molar-refractivity contribution in [2.24, 2.45) is 0 Å². The zero-order valence-corrected chi connectivity index (χ0v) is 18.5. The molecule has 34 heavy (non-hydrogen) atoms. The number of aromatic nitrogens is 2. The molecular weight excluding hydrogens is 477 g/mol. The van der Waals surface area contributed by atoms with E-state index in [0.717, 1.165) is 16.3 Å². The number of ether oxygens (including phenoxy) is 1. The zero-order valence-electron chi connectivity index (χ0n) is 17.7. The Morgan fingerprint density at radius 3 is 2.62 bits per heavy atom. The molecule has 8 nitrogen and oxygen atoms in total. The Morgan fingerprint density at radius 2 is 2.00 bits per heavy atom. The van der Waals surface area contributed by atoms with Gasteiger partial charge in [-0.3, -0.25) is 19.6 Å². The van der Waals surface area contributed by atoms with Gasteiger partial charge in [-0.25, -0.2) is 0 Å². The smallest absolute Gasteiger partial charge is 0.436 e. The number of amides is 1. The van der Waals surface area contributed by atoms with Crippen molar-refractivity contribution in [3.8, 4) is 11.5 Å². The monoisotopic (exact) mass is 494 g/mol. The van der Waals surface area contributed by atoms with E-state index in [1.165, 1.54) is 12.1 Å². The molecule has 4 rings (SSSR count). The Balaban J connectivity index is 1.57. The molecule has 12 heteroatoms. The highest BCUT2D eigenvalue weighted by Crippen LogP contribution is 2.46. The van der Waals surface area contributed by atoms with Crippen LogP contribution in [0.5, 0.6) is 11.5 Å². The topological polar surface area (TPSA) is 99.3 Å². The lowest BCUT2D eigenvalue weighted by Crippen LogP contribution is -2.21. The van der Waals surface area contributed by atoms with Crippen molar-refractivity contribution in [2.45, 2.75) is 38.4 Å². The van der Waals surface area contributed by atoms with E-state index in [1.54, 1.807) is 18.2 Å². The minimum atomic E-state index is -4.76. The summed E-state index contributed by atoms with van der Waals surface area (Å²) in [4.78, 5) is 23.3. The summed E-state index contributed by atoms with van der Waals surface area (Å²) in [5.74, 6) is -0.374.